The summed E-state index contributed by atoms with van der Waals surface area (Å²) in [4.78, 5) is 50.7. The molecule has 0 bridgehead atoms. The molecule has 2 aliphatic heterocycles. The molecule has 13 nitrogen and oxygen atoms in total. The van der Waals surface area contributed by atoms with Crippen molar-refractivity contribution in [1.29, 1.82) is 0 Å². The van der Waals surface area contributed by atoms with E-state index in [0.717, 1.165) is 9.80 Å². The van der Waals surface area contributed by atoms with Gasteiger partial charge in [-0.05, 0) is 40.6 Å². The minimum Gasteiger partial charge on any atom is -0.456 e. The van der Waals surface area contributed by atoms with E-state index in [1.54, 1.807) is 6.92 Å². The average molecular weight is 459 g/mol. The Balaban J connectivity index is 1.49. The van der Waals surface area contributed by atoms with Gasteiger partial charge in [-0.25, -0.2) is 9.80 Å². The maximum absolute atomic E-state index is 13.0. The fraction of sp³-hybridized carbons (Fsp3) is 0.333. The van der Waals surface area contributed by atoms with Crippen LogP contribution in [0.4, 0.5) is 5.69 Å². The van der Waals surface area contributed by atoms with Crippen LogP contribution in [-0.2, 0) is 25.7 Å². The summed E-state index contributed by atoms with van der Waals surface area (Å²) in [6.07, 6.45) is 1.21. The minimum atomic E-state index is -0.869. The first-order chi connectivity index (χ1) is 15.3. The minimum absolute atomic E-state index is 0.0689. The summed E-state index contributed by atoms with van der Waals surface area (Å²) in [7, 11) is 0. The van der Waals surface area contributed by atoms with Crippen LogP contribution in [0.2, 0.25) is 0 Å². The summed E-state index contributed by atoms with van der Waals surface area (Å²) in [5, 5.41) is 22.1. The Morgan fingerprint density at radius 1 is 1.34 bits per heavy atom. The summed E-state index contributed by atoms with van der Waals surface area (Å²) < 4.78 is 5.37. The van der Waals surface area contributed by atoms with Crippen molar-refractivity contribution in [1.82, 2.24) is 25.2 Å². The standard InChI is InChI=1S/C18H17N7O6S/c1-10-8-32-17-15(24(11(2)26)22-9-19-20-21-22)16(27)23(17)14(10)18(28)31-7-12-3-5-13(6-4-12)25(29)30/h3-6,9,15,17H,7-8H2,1-2H3/t15?,17-/m1/s1. The van der Waals surface area contributed by atoms with Gasteiger partial charge in [0.1, 0.15) is 17.7 Å². The number of fused-ring (bicyclic) bond motifs is 1. The lowest BCUT2D eigenvalue weighted by Crippen LogP contribution is -2.73. The second kappa shape index (κ2) is 8.37. The molecule has 2 atom stereocenters. The van der Waals surface area contributed by atoms with Crippen LogP contribution < -0.4 is 5.01 Å². The van der Waals surface area contributed by atoms with Gasteiger partial charge >= 0.3 is 5.97 Å². The van der Waals surface area contributed by atoms with Crippen LogP contribution in [0.1, 0.15) is 19.4 Å². The van der Waals surface area contributed by atoms with E-state index in [0.29, 0.717) is 16.9 Å². The Morgan fingerprint density at radius 2 is 2.06 bits per heavy atom. The molecule has 0 radical (unpaired) electrons. The van der Waals surface area contributed by atoms with Crippen LogP contribution in [0.15, 0.2) is 41.9 Å². The number of ether oxygens (including phenoxy) is 1. The number of hydrogen-bond acceptors (Lipinski definition) is 10. The number of rotatable bonds is 6. The van der Waals surface area contributed by atoms with Crippen molar-refractivity contribution in [2.45, 2.75) is 31.9 Å². The third kappa shape index (κ3) is 3.68. The van der Waals surface area contributed by atoms with E-state index in [1.165, 1.54) is 54.2 Å². The SMILES string of the molecule is CC(=O)N(C1C(=O)N2C(C(=O)OCc3ccc([N+](=O)[O-])cc3)=C(C)CS[C@H]12)n1cnnn1. The summed E-state index contributed by atoms with van der Waals surface area (Å²) in [6.45, 7) is 2.92. The van der Waals surface area contributed by atoms with E-state index in [1.807, 2.05) is 0 Å². The van der Waals surface area contributed by atoms with Crippen LogP contribution in [0, 0.1) is 10.1 Å². The van der Waals surface area contributed by atoms with E-state index in [9.17, 15) is 24.5 Å². The molecule has 1 fully saturated rings. The number of carbonyl (C=O) groups excluding carboxylic acids is 3. The molecular weight excluding hydrogens is 442 g/mol. The molecule has 166 valence electrons. The first-order valence-electron chi connectivity index (χ1n) is 9.37. The van der Waals surface area contributed by atoms with E-state index in [2.05, 4.69) is 15.5 Å². The number of thioether (sulfide) groups is 1. The molecule has 1 aromatic carbocycles. The van der Waals surface area contributed by atoms with Crippen LogP contribution in [0.5, 0.6) is 0 Å². The molecule has 0 saturated carbocycles. The van der Waals surface area contributed by atoms with Gasteiger partial charge in [0, 0.05) is 24.8 Å². The Morgan fingerprint density at radius 3 is 2.66 bits per heavy atom. The molecule has 14 heteroatoms. The molecule has 2 aliphatic rings. The van der Waals surface area contributed by atoms with Crippen molar-refractivity contribution in [3.63, 3.8) is 0 Å². The van der Waals surface area contributed by atoms with Crippen molar-refractivity contribution in [3.05, 3.63) is 57.5 Å². The number of nitro benzene ring substituents is 1. The molecule has 1 aromatic heterocycles. The highest BCUT2D eigenvalue weighted by Crippen LogP contribution is 2.42. The van der Waals surface area contributed by atoms with E-state index in [4.69, 9.17) is 4.74 Å². The van der Waals surface area contributed by atoms with Crippen LogP contribution in [-0.4, -0.2) is 65.1 Å². The number of carbonyl (C=O) groups is 3. The Hall–Kier alpha value is -3.81. The maximum Gasteiger partial charge on any atom is 0.355 e. The molecule has 2 aromatic rings. The number of esters is 1. The molecule has 1 unspecified atom stereocenters. The van der Waals surface area contributed by atoms with Crippen molar-refractivity contribution in [2.24, 2.45) is 0 Å². The average Bonchev–Trinajstić information content (AvgIpc) is 3.29. The summed E-state index contributed by atoms with van der Waals surface area (Å²) in [6, 6.07) is 4.76. The normalized spacial score (nSPS) is 19.8. The lowest BCUT2D eigenvalue weighted by molar-refractivity contribution is -0.384. The number of amides is 2. The molecule has 3 heterocycles. The summed E-state index contributed by atoms with van der Waals surface area (Å²) in [5.41, 5.74) is 1.31. The van der Waals surface area contributed by atoms with Gasteiger partial charge in [-0.15, -0.1) is 21.7 Å². The van der Waals surface area contributed by atoms with Crippen molar-refractivity contribution < 1.29 is 24.0 Å². The van der Waals surface area contributed by atoms with Crippen molar-refractivity contribution in [3.8, 4) is 0 Å². The lowest BCUT2D eigenvalue weighted by Gasteiger charge is -2.51. The van der Waals surface area contributed by atoms with Gasteiger partial charge in [0.15, 0.2) is 12.4 Å². The van der Waals surface area contributed by atoms with Gasteiger partial charge in [0.25, 0.3) is 11.6 Å². The Bertz CT molecular complexity index is 1120. The fourth-order valence-corrected chi connectivity index (χ4v) is 4.82. The predicted octanol–water partition coefficient (Wildman–Crippen LogP) is 0.367. The third-order valence-corrected chi connectivity index (χ3v) is 6.40. The number of non-ortho nitro benzene ring substituents is 1. The van der Waals surface area contributed by atoms with Gasteiger partial charge in [0.05, 0.1) is 4.92 Å². The second-order valence-electron chi connectivity index (χ2n) is 7.08. The molecule has 1 saturated heterocycles. The van der Waals surface area contributed by atoms with Gasteiger partial charge in [-0.3, -0.25) is 24.6 Å². The monoisotopic (exact) mass is 459 g/mol. The van der Waals surface area contributed by atoms with Crippen LogP contribution in [0.3, 0.4) is 0 Å². The third-order valence-electron chi connectivity index (χ3n) is 4.99. The second-order valence-corrected chi connectivity index (χ2v) is 8.18. The van der Waals surface area contributed by atoms with E-state index in [-0.39, 0.29) is 18.0 Å². The van der Waals surface area contributed by atoms with Gasteiger partial charge in [0.2, 0.25) is 5.91 Å². The molecule has 0 spiro atoms. The summed E-state index contributed by atoms with van der Waals surface area (Å²) in [5.74, 6) is -1.09. The number of benzene rings is 1. The number of hydrogen-bond donors (Lipinski definition) is 0. The summed E-state index contributed by atoms with van der Waals surface area (Å²) >= 11 is 1.42. The first-order valence-corrected chi connectivity index (χ1v) is 10.4. The van der Waals surface area contributed by atoms with Crippen molar-refractivity contribution in [2.75, 3.05) is 10.8 Å². The Labute approximate surface area is 185 Å². The van der Waals surface area contributed by atoms with Crippen molar-refractivity contribution >= 4 is 35.2 Å². The zero-order chi connectivity index (χ0) is 23.0. The van der Waals surface area contributed by atoms with E-state index < -0.39 is 34.1 Å². The Kier molecular flexibility index (Phi) is 5.61. The highest BCUT2D eigenvalue weighted by Gasteiger charge is 2.57. The molecule has 0 N–H and O–H groups in total. The number of β-lactam (4-membered cyclic amide) rings is 1. The van der Waals surface area contributed by atoms with Gasteiger partial charge in [-0.2, -0.15) is 0 Å². The smallest absolute Gasteiger partial charge is 0.355 e. The zero-order valence-corrected chi connectivity index (χ0v) is 17.8. The van der Waals surface area contributed by atoms with Crippen LogP contribution >= 0.6 is 11.8 Å². The maximum atomic E-state index is 13.0. The molecule has 32 heavy (non-hydrogen) atoms. The molecule has 4 rings (SSSR count). The molecular formula is C18H17N7O6S. The van der Waals surface area contributed by atoms with Gasteiger partial charge in [-0.1, -0.05) is 0 Å². The van der Waals surface area contributed by atoms with E-state index >= 15 is 0 Å². The zero-order valence-electron chi connectivity index (χ0n) is 16.9. The first kappa shape index (κ1) is 21.4. The topological polar surface area (TPSA) is 154 Å². The number of nitrogens with zero attached hydrogens (tertiary/aromatic N) is 7. The van der Waals surface area contributed by atoms with Gasteiger partial charge < -0.3 is 4.74 Å². The highest BCUT2D eigenvalue weighted by molar-refractivity contribution is 8.00. The number of tetrazole rings is 1. The lowest BCUT2D eigenvalue weighted by atomic mass is 10.0. The largest absolute Gasteiger partial charge is 0.456 e. The molecule has 0 aliphatic carbocycles. The van der Waals surface area contributed by atoms with Crippen LogP contribution in [0.25, 0.3) is 0 Å². The number of aromatic nitrogens is 4. The molecule has 2 amide bonds. The highest BCUT2D eigenvalue weighted by atomic mass is 32.2. The fourth-order valence-electron chi connectivity index (χ4n) is 3.49. The number of nitro groups is 1. The predicted molar refractivity (Wildman–Crippen MR) is 109 cm³/mol. The quantitative estimate of drug-likeness (QED) is 0.256.